The maximum absolute atomic E-state index is 12.9. The van der Waals surface area contributed by atoms with Crippen LogP contribution in [0.15, 0.2) is 35.8 Å². The van der Waals surface area contributed by atoms with Crippen LogP contribution in [0.4, 0.5) is 0 Å². The average molecular weight is 404 g/mol. The highest BCUT2D eigenvalue weighted by atomic mass is 35.5. The topological polar surface area (TPSA) is 46.8 Å². The fraction of sp³-hybridized carbons (Fsp3) is 0.400. The van der Waals surface area contributed by atoms with Gasteiger partial charge in [0.1, 0.15) is 5.69 Å². The number of hydrogen-bond donors (Lipinski definition) is 0. The van der Waals surface area contributed by atoms with Crippen molar-refractivity contribution in [3.8, 4) is 11.3 Å². The Bertz CT molecular complexity index is 946. The standard InChI is InChI=1S/C20H22ClN3O2S/c1-23(10-9-14-6-4-5-11-26-14)19(25)18-13-27-20-22-17(12-24(18)20)15-7-2-3-8-16(15)21/h2-3,7-8,12-14H,4-6,9-11H2,1H3. The van der Waals surface area contributed by atoms with E-state index in [0.29, 0.717) is 17.3 Å². The van der Waals surface area contributed by atoms with Gasteiger partial charge in [0, 0.05) is 37.3 Å². The van der Waals surface area contributed by atoms with Crippen molar-refractivity contribution in [3.05, 3.63) is 46.6 Å². The molecule has 0 radical (unpaired) electrons. The number of ether oxygens (including phenoxy) is 1. The number of imidazole rings is 1. The summed E-state index contributed by atoms with van der Waals surface area (Å²) in [6, 6.07) is 7.61. The van der Waals surface area contributed by atoms with Crippen molar-refractivity contribution < 1.29 is 9.53 Å². The Morgan fingerprint density at radius 3 is 3.04 bits per heavy atom. The van der Waals surface area contributed by atoms with E-state index in [1.807, 2.05) is 47.3 Å². The predicted molar refractivity (Wildman–Crippen MR) is 109 cm³/mol. The molecule has 1 atom stereocenters. The minimum absolute atomic E-state index is 0.000156. The third-order valence-electron chi connectivity index (χ3n) is 4.99. The first-order valence-electron chi connectivity index (χ1n) is 9.22. The van der Waals surface area contributed by atoms with Gasteiger partial charge in [-0.05, 0) is 31.7 Å². The Labute approximate surface area is 167 Å². The van der Waals surface area contributed by atoms with Gasteiger partial charge in [-0.3, -0.25) is 9.20 Å². The molecule has 1 amide bonds. The first-order valence-corrected chi connectivity index (χ1v) is 10.5. The number of amides is 1. The lowest BCUT2D eigenvalue weighted by molar-refractivity contribution is 0.00705. The van der Waals surface area contributed by atoms with E-state index in [2.05, 4.69) is 4.98 Å². The lowest BCUT2D eigenvalue weighted by Crippen LogP contribution is -2.32. The van der Waals surface area contributed by atoms with Gasteiger partial charge >= 0.3 is 0 Å². The quantitative estimate of drug-likeness (QED) is 0.617. The summed E-state index contributed by atoms with van der Waals surface area (Å²) in [4.78, 5) is 20.1. The summed E-state index contributed by atoms with van der Waals surface area (Å²) in [6.45, 7) is 1.53. The number of nitrogens with zero attached hydrogens (tertiary/aromatic N) is 3. The van der Waals surface area contributed by atoms with Crippen LogP contribution >= 0.6 is 22.9 Å². The van der Waals surface area contributed by atoms with Crippen LogP contribution in [0.5, 0.6) is 0 Å². The molecule has 5 nitrogen and oxygen atoms in total. The van der Waals surface area contributed by atoms with E-state index in [0.717, 1.165) is 42.1 Å². The second kappa shape index (κ2) is 8.00. The fourth-order valence-electron chi connectivity index (χ4n) is 3.41. The molecule has 1 aromatic carbocycles. The highest BCUT2D eigenvalue weighted by Crippen LogP contribution is 2.29. The molecule has 0 spiro atoms. The summed E-state index contributed by atoms with van der Waals surface area (Å²) >= 11 is 7.75. The Hall–Kier alpha value is -1.89. The lowest BCUT2D eigenvalue weighted by Gasteiger charge is -2.25. The molecule has 2 aromatic heterocycles. The molecule has 0 saturated carbocycles. The van der Waals surface area contributed by atoms with Crippen LogP contribution in [-0.2, 0) is 4.74 Å². The molecular weight excluding hydrogens is 382 g/mol. The Morgan fingerprint density at radius 2 is 2.26 bits per heavy atom. The van der Waals surface area contributed by atoms with E-state index in [4.69, 9.17) is 16.3 Å². The van der Waals surface area contributed by atoms with Crippen molar-refractivity contribution in [1.29, 1.82) is 0 Å². The number of rotatable bonds is 5. The van der Waals surface area contributed by atoms with Crippen molar-refractivity contribution in [2.24, 2.45) is 0 Å². The van der Waals surface area contributed by atoms with E-state index in [9.17, 15) is 4.79 Å². The molecule has 1 aliphatic rings. The summed E-state index contributed by atoms with van der Waals surface area (Å²) in [5.74, 6) is 0.000156. The minimum Gasteiger partial charge on any atom is -0.378 e. The highest BCUT2D eigenvalue weighted by molar-refractivity contribution is 7.15. The van der Waals surface area contributed by atoms with E-state index < -0.39 is 0 Å². The zero-order valence-electron chi connectivity index (χ0n) is 15.2. The van der Waals surface area contributed by atoms with E-state index >= 15 is 0 Å². The monoisotopic (exact) mass is 403 g/mol. The number of carbonyl (C=O) groups excluding carboxylic acids is 1. The number of thiazole rings is 1. The molecular formula is C20H22ClN3O2S. The number of benzene rings is 1. The maximum Gasteiger partial charge on any atom is 0.271 e. The molecule has 0 aliphatic carbocycles. The largest absolute Gasteiger partial charge is 0.378 e. The van der Waals surface area contributed by atoms with Crippen LogP contribution in [0.3, 0.4) is 0 Å². The molecule has 1 unspecified atom stereocenters. The second-order valence-electron chi connectivity index (χ2n) is 6.88. The molecule has 1 aliphatic heterocycles. The minimum atomic E-state index is 0.000156. The molecule has 27 heavy (non-hydrogen) atoms. The van der Waals surface area contributed by atoms with Crippen LogP contribution in [-0.4, -0.2) is 46.5 Å². The molecule has 1 saturated heterocycles. The number of aromatic nitrogens is 2. The first-order chi connectivity index (χ1) is 13.1. The predicted octanol–water partition coefficient (Wildman–Crippen LogP) is 4.75. The van der Waals surface area contributed by atoms with Crippen LogP contribution in [0, 0.1) is 0 Å². The molecule has 3 heterocycles. The Balaban J connectivity index is 1.51. The van der Waals surface area contributed by atoms with Gasteiger partial charge in [0.15, 0.2) is 4.96 Å². The van der Waals surface area contributed by atoms with Gasteiger partial charge in [0.2, 0.25) is 0 Å². The highest BCUT2D eigenvalue weighted by Gasteiger charge is 2.21. The summed E-state index contributed by atoms with van der Waals surface area (Å²) < 4.78 is 7.63. The van der Waals surface area contributed by atoms with Crippen LogP contribution in [0.25, 0.3) is 16.2 Å². The van der Waals surface area contributed by atoms with Gasteiger partial charge in [0.05, 0.1) is 16.8 Å². The van der Waals surface area contributed by atoms with Crippen LogP contribution in [0.1, 0.15) is 36.2 Å². The Morgan fingerprint density at radius 1 is 1.41 bits per heavy atom. The molecule has 1 fully saturated rings. The zero-order chi connectivity index (χ0) is 18.8. The van der Waals surface area contributed by atoms with Gasteiger partial charge in [-0.25, -0.2) is 4.98 Å². The molecule has 7 heteroatoms. The third kappa shape index (κ3) is 3.88. The number of hydrogen-bond acceptors (Lipinski definition) is 4. The van der Waals surface area contributed by atoms with Crippen LogP contribution < -0.4 is 0 Å². The molecule has 4 rings (SSSR count). The summed E-state index contributed by atoms with van der Waals surface area (Å²) in [7, 11) is 1.85. The van der Waals surface area contributed by atoms with Gasteiger partial charge in [0.25, 0.3) is 5.91 Å². The van der Waals surface area contributed by atoms with E-state index in [1.165, 1.54) is 17.8 Å². The van der Waals surface area contributed by atoms with Crippen molar-refractivity contribution in [2.45, 2.75) is 31.8 Å². The third-order valence-corrected chi connectivity index (χ3v) is 6.15. The van der Waals surface area contributed by atoms with Gasteiger partial charge in [-0.2, -0.15) is 0 Å². The van der Waals surface area contributed by atoms with Gasteiger partial charge < -0.3 is 9.64 Å². The van der Waals surface area contributed by atoms with Crippen molar-refractivity contribution >= 4 is 33.8 Å². The number of halogens is 1. The van der Waals surface area contributed by atoms with Gasteiger partial charge in [-0.1, -0.05) is 29.8 Å². The molecule has 142 valence electrons. The number of fused-ring (bicyclic) bond motifs is 1. The fourth-order valence-corrected chi connectivity index (χ4v) is 4.49. The number of carbonyl (C=O) groups is 1. The first kappa shape index (κ1) is 18.5. The summed E-state index contributed by atoms with van der Waals surface area (Å²) in [6.07, 6.45) is 6.49. The molecule has 0 N–H and O–H groups in total. The van der Waals surface area contributed by atoms with Crippen molar-refractivity contribution in [3.63, 3.8) is 0 Å². The maximum atomic E-state index is 12.9. The molecule has 0 bridgehead atoms. The zero-order valence-corrected chi connectivity index (χ0v) is 16.8. The van der Waals surface area contributed by atoms with E-state index in [-0.39, 0.29) is 12.0 Å². The van der Waals surface area contributed by atoms with E-state index in [1.54, 1.807) is 4.90 Å². The Kier molecular flexibility index (Phi) is 5.48. The average Bonchev–Trinajstić information content (AvgIpc) is 3.27. The second-order valence-corrected chi connectivity index (χ2v) is 8.13. The normalized spacial score (nSPS) is 17.3. The lowest BCUT2D eigenvalue weighted by atomic mass is 10.1. The molecule has 3 aromatic rings. The smallest absolute Gasteiger partial charge is 0.271 e. The SMILES string of the molecule is CN(CCC1CCCCO1)C(=O)c1csc2nc(-c3ccccc3Cl)cn12. The summed E-state index contributed by atoms with van der Waals surface area (Å²) in [5, 5.41) is 2.52. The van der Waals surface area contributed by atoms with Crippen LogP contribution in [0.2, 0.25) is 5.02 Å². The van der Waals surface area contributed by atoms with Crippen molar-refractivity contribution in [1.82, 2.24) is 14.3 Å². The van der Waals surface area contributed by atoms with Crippen molar-refractivity contribution in [2.75, 3.05) is 20.2 Å². The van der Waals surface area contributed by atoms with Gasteiger partial charge in [-0.15, -0.1) is 11.3 Å². The summed E-state index contributed by atoms with van der Waals surface area (Å²) in [5.41, 5.74) is 2.28.